The third-order valence-electron chi connectivity index (χ3n) is 3.08. The zero-order valence-electron chi connectivity index (χ0n) is 9.99. The van der Waals surface area contributed by atoms with Gasteiger partial charge in [-0.1, -0.05) is 6.07 Å². The Hall–Kier alpha value is -2.63. The number of carbonyl (C=O) groups is 1. The van der Waals surface area contributed by atoms with Crippen molar-refractivity contribution >= 4 is 16.9 Å². The molecule has 5 nitrogen and oxygen atoms in total. The summed E-state index contributed by atoms with van der Waals surface area (Å²) < 4.78 is 14.0. The van der Waals surface area contributed by atoms with Gasteiger partial charge >= 0.3 is 5.97 Å². The number of benzene rings is 1. The summed E-state index contributed by atoms with van der Waals surface area (Å²) in [5.74, 6) is -1.50. The molecule has 1 aromatic carbocycles. The van der Waals surface area contributed by atoms with Crippen molar-refractivity contribution in [3.8, 4) is 11.3 Å². The van der Waals surface area contributed by atoms with Crippen molar-refractivity contribution in [3.63, 3.8) is 0 Å². The second-order valence-electron chi connectivity index (χ2n) is 4.25. The number of aryl methyl sites for hydroxylation is 1. The molecule has 2 aromatic heterocycles. The molecule has 0 saturated carbocycles. The average molecular weight is 259 g/mol. The monoisotopic (exact) mass is 259 g/mol. The highest BCUT2D eigenvalue weighted by Crippen LogP contribution is 2.34. The summed E-state index contributed by atoms with van der Waals surface area (Å²) in [6, 6.07) is 4.68. The van der Waals surface area contributed by atoms with Crippen LogP contribution in [0.15, 0.2) is 24.4 Å². The van der Waals surface area contributed by atoms with Crippen LogP contribution in [0.5, 0.6) is 0 Å². The standard InChI is InChI=1S/C13H10FN3O2/c1-6-10(12-7(13(18)19)5-15-17-12)11-8(14)3-2-4-9(11)16-6/h2-5,16H,1H3,(H,15,17)(H,18,19). The fourth-order valence-electron chi connectivity index (χ4n) is 2.29. The molecule has 0 aliphatic rings. The topological polar surface area (TPSA) is 81.8 Å². The first-order valence-corrected chi connectivity index (χ1v) is 5.63. The molecule has 0 amide bonds. The molecule has 19 heavy (non-hydrogen) atoms. The number of nitrogens with one attached hydrogen (secondary N) is 2. The highest BCUT2D eigenvalue weighted by molar-refractivity contribution is 6.03. The molecule has 96 valence electrons. The highest BCUT2D eigenvalue weighted by atomic mass is 19.1. The lowest BCUT2D eigenvalue weighted by Crippen LogP contribution is -1.97. The van der Waals surface area contributed by atoms with Gasteiger partial charge in [-0.05, 0) is 19.1 Å². The summed E-state index contributed by atoms with van der Waals surface area (Å²) in [4.78, 5) is 14.2. The molecule has 0 aliphatic carbocycles. The molecule has 3 aromatic rings. The van der Waals surface area contributed by atoms with Crippen molar-refractivity contribution in [3.05, 3.63) is 41.5 Å². The van der Waals surface area contributed by atoms with E-state index in [1.54, 1.807) is 19.1 Å². The van der Waals surface area contributed by atoms with Crippen LogP contribution in [-0.4, -0.2) is 26.3 Å². The molecule has 6 heteroatoms. The number of fused-ring (bicyclic) bond motifs is 1. The number of aromatic amines is 2. The highest BCUT2D eigenvalue weighted by Gasteiger charge is 2.21. The number of nitrogens with zero attached hydrogens (tertiary/aromatic N) is 1. The number of rotatable bonds is 2. The van der Waals surface area contributed by atoms with Gasteiger partial charge in [0, 0.05) is 22.2 Å². The van der Waals surface area contributed by atoms with E-state index in [-0.39, 0.29) is 5.56 Å². The third kappa shape index (κ3) is 1.61. The first-order valence-electron chi connectivity index (χ1n) is 5.63. The molecule has 0 spiro atoms. The number of hydrogen-bond acceptors (Lipinski definition) is 2. The lowest BCUT2D eigenvalue weighted by molar-refractivity contribution is 0.0698. The molecule has 3 rings (SSSR count). The molecule has 0 radical (unpaired) electrons. The van der Waals surface area contributed by atoms with E-state index in [0.717, 1.165) is 0 Å². The first-order chi connectivity index (χ1) is 9.09. The number of aromatic carboxylic acids is 1. The summed E-state index contributed by atoms with van der Waals surface area (Å²) in [7, 11) is 0. The molecule has 0 aliphatic heterocycles. The lowest BCUT2D eigenvalue weighted by Gasteiger charge is -2.01. The van der Waals surface area contributed by atoms with Gasteiger partial charge in [-0.15, -0.1) is 0 Å². The second-order valence-corrected chi connectivity index (χ2v) is 4.25. The Morgan fingerprint density at radius 1 is 1.42 bits per heavy atom. The molecule has 2 heterocycles. The van der Waals surface area contributed by atoms with Gasteiger partial charge in [0.15, 0.2) is 0 Å². The fraction of sp³-hybridized carbons (Fsp3) is 0.0769. The number of hydrogen-bond donors (Lipinski definition) is 3. The average Bonchev–Trinajstić information content (AvgIpc) is 2.92. The summed E-state index contributed by atoms with van der Waals surface area (Å²) in [6.45, 7) is 1.77. The number of aromatic nitrogens is 3. The van der Waals surface area contributed by atoms with E-state index < -0.39 is 11.8 Å². The van der Waals surface area contributed by atoms with Gasteiger partial charge in [0.05, 0.1) is 11.9 Å². The minimum absolute atomic E-state index is 0.0206. The van der Waals surface area contributed by atoms with E-state index in [0.29, 0.717) is 27.9 Å². The zero-order valence-corrected chi connectivity index (χ0v) is 9.99. The van der Waals surface area contributed by atoms with Crippen LogP contribution in [0.1, 0.15) is 16.1 Å². The summed E-state index contributed by atoms with van der Waals surface area (Å²) in [5, 5.41) is 15.9. The van der Waals surface area contributed by atoms with Gasteiger partial charge in [0.1, 0.15) is 11.4 Å². The van der Waals surface area contributed by atoms with Crippen molar-refractivity contribution in [2.24, 2.45) is 0 Å². The lowest BCUT2D eigenvalue weighted by atomic mass is 10.0. The summed E-state index contributed by atoms with van der Waals surface area (Å²) in [6.07, 6.45) is 1.22. The Bertz CT molecular complexity index is 788. The molecule has 0 unspecified atom stereocenters. The van der Waals surface area contributed by atoms with E-state index in [9.17, 15) is 9.18 Å². The largest absolute Gasteiger partial charge is 0.478 e. The van der Waals surface area contributed by atoms with E-state index >= 15 is 0 Å². The Labute approximate surface area is 107 Å². The van der Waals surface area contributed by atoms with Crippen LogP contribution in [-0.2, 0) is 0 Å². The van der Waals surface area contributed by atoms with Crippen LogP contribution in [0.2, 0.25) is 0 Å². The number of carboxylic acid groups (broad SMARTS) is 1. The SMILES string of the molecule is Cc1[nH]c2cccc(F)c2c1-c1[nH]ncc1C(=O)O. The molecule has 0 bridgehead atoms. The Morgan fingerprint density at radius 2 is 2.21 bits per heavy atom. The van der Waals surface area contributed by atoms with Crippen LogP contribution in [0.25, 0.3) is 22.2 Å². The van der Waals surface area contributed by atoms with Crippen LogP contribution < -0.4 is 0 Å². The maximum atomic E-state index is 14.0. The van der Waals surface area contributed by atoms with Crippen LogP contribution in [0.4, 0.5) is 4.39 Å². The molecular weight excluding hydrogens is 249 g/mol. The van der Waals surface area contributed by atoms with E-state index in [2.05, 4.69) is 15.2 Å². The van der Waals surface area contributed by atoms with Crippen molar-refractivity contribution in [1.29, 1.82) is 0 Å². The summed E-state index contributed by atoms with van der Waals surface area (Å²) in [5.41, 5.74) is 2.14. The first kappa shape index (κ1) is 11.5. The predicted molar refractivity (Wildman–Crippen MR) is 67.5 cm³/mol. The summed E-state index contributed by atoms with van der Waals surface area (Å²) >= 11 is 0. The van der Waals surface area contributed by atoms with Gasteiger partial charge in [0.25, 0.3) is 0 Å². The molecule has 0 saturated heterocycles. The Morgan fingerprint density at radius 3 is 2.95 bits per heavy atom. The van der Waals surface area contributed by atoms with Gasteiger partial charge in [-0.25, -0.2) is 9.18 Å². The third-order valence-corrected chi connectivity index (χ3v) is 3.08. The maximum absolute atomic E-state index is 14.0. The molecule has 3 N–H and O–H groups in total. The Kier molecular flexibility index (Phi) is 2.38. The number of halogens is 1. The van der Waals surface area contributed by atoms with Gasteiger partial charge < -0.3 is 10.1 Å². The van der Waals surface area contributed by atoms with Crippen LogP contribution >= 0.6 is 0 Å². The van der Waals surface area contributed by atoms with Crippen LogP contribution in [0.3, 0.4) is 0 Å². The minimum Gasteiger partial charge on any atom is -0.478 e. The molecule has 0 fully saturated rings. The van der Waals surface area contributed by atoms with Crippen molar-refractivity contribution in [2.75, 3.05) is 0 Å². The number of carboxylic acids is 1. The maximum Gasteiger partial charge on any atom is 0.339 e. The molecular formula is C13H10FN3O2. The Balaban J connectivity index is 2.39. The fourth-order valence-corrected chi connectivity index (χ4v) is 2.29. The van der Waals surface area contributed by atoms with Crippen LogP contribution in [0, 0.1) is 12.7 Å². The van der Waals surface area contributed by atoms with Crippen molar-refractivity contribution < 1.29 is 14.3 Å². The molecule has 0 atom stereocenters. The quantitative estimate of drug-likeness (QED) is 0.661. The normalized spacial score (nSPS) is 11.1. The second kappa shape index (κ2) is 3.94. The van der Waals surface area contributed by atoms with Gasteiger partial charge in [-0.2, -0.15) is 5.10 Å². The van der Waals surface area contributed by atoms with Crippen molar-refractivity contribution in [2.45, 2.75) is 6.92 Å². The number of H-pyrrole nitrogens is 2. The van der Waals surface area contributed by atoms with Gasteiger partial charge in [0.2, 0.25) is 0 Å². The van der Waals surface area contributed by atoms with Crippen molar-refractivity contribution in [1.82, 2.24) is 15.2 Å². The van der Waals surface area contributed by atoms with E-state index in [1.165, 1.54) is 12.3 Å². The van der Waals surface area contributed by atoms with E-state index in [1.807, 2.05) is 0 Å². The van der Waals surface area contributed by atoms with E-state index in [4.69, 9.17) is 5.11 Å². The van der Waals surface area contributed by atoms with Gasteiger partial charge in [-0.3, -0.25) is 5.10 Å². The smallest absolute Gasteiger partial charge is 0.339 e. The minimum atomic E-state index is -1.10. The zero-order chi connectivity index (χ0) is 13.6. The predicted octanol–water partition coefficient (Wildman–Crippen LogP) is 2.70.